The molecular formula is C18H19N3O5S. The Morgan fingerprint density at radius 1 is 1.11 bits per heavy atom. The van der Waals surface area contributed by atoms with Gasteiger partial charge in [-0.3, -0.25) is 9.36 Å². The summed E-state index contributed by atoms with van der Waals surface area (Å²) < 4.78 is 32.9. The zero-order valence-corrected chi connectivity index (χ0v) is 15.5. The lowest BCUT2D eigenvalue weighted by Gasteiger charge is -2.08. The molecule has 3 rings (SSSR count). The van der Waals surface area contributed by atoms with Crippen molar-refractivity contribution in [1.82, 2.24) is 9.29 Å². The summed E-state index contributed by atoms with van der Waals surface area (Å²) in [6, 6.07) is 12.6. The maximum Gasteiger partial charge on any atom is 0.420 e. The molecule has 0 saturated heterocycles. The van der Waals surface area contributed by atoms with Gasteiger partial charge in [0, 0.05) is 12.2 Å². The highest BCUT2D eigenvalue weighted by atomic mass is 32.2. The Morgan fingerprint density at radius 3 is 2.52 bits per heavy atom. The minimum Gasteiger partial charge on any atom is -0.408 e. The highest BCUT2D eigenvalue weighted by molar-refractivity contribution is 7.89. The van der Waals surface area contributed by atoms with E-state index in [0.29, 0.717) is 29.8 Å². The number of nitrogens with one attached hydrogen (secondary N) is 2. The van der Waals surface area contributed by atoms with Crippen LogP contribution in [0.4, 0.5) is 5.69 Å². The molecule has 0 aliphatic carbocycles. The van der Waals surface area contributed by atoms with Crippen molar-refractivity contribution in [2.75, 3.05) is 11.9 Å². The Morgan fingerprint density at radius 2 is 1.81 bits per heavy atom. The lowest BCUT2D eigenvalue weighted by atomic mass is 10.3. The molecule has 1 heterocycles. The maximum atomic E-state index is 12.3. The number of fused-ring (bicyclic) bond motifs is 1. The van der Waals surface area contributed by atoms with Gasteiger partial charge in [-0.25, -0.2) is 17.9 Å². The quantitative estimate of drug-likeness (QED) is 0.641. The zero-order chi connectivity index (χ0) is 19.4. The number of carbonyl (C=O) groups excluding carboxylic acids is 1. The number of sulfonamides is 1. The molecule has 27 heavy (non-hydrogen) atoms. The van der Waals surface area contributed by atoms with Gasteiger partial charge in [0.25, 0.3) is 0 Å². The molecule has 0 unspecified atom stereocenters. The molecular weight excluding hydrogens is 370 g/mol. The summed E-state index contributed by atoms with van der Waals surface area (Å²) >= 11 is 0. The van der Waals surface area contributed by atoms with Crippen LogP contribution in [0.15, 0.2) is 62.6 Å². The molecule has 3 aromatic rings. The first-order valence-corrected chi connectivity index (χ1v) is 9.87. The topological polar surface area (TPSA) is 110 Å². The minimum atomic E-state index is -3.56. The minimum absolute atomic E-state index is 0.117. The van der Waals surface area contributed by atoms with E-state index in [1.165, 1.54) is 28.8 Å². The van der Waals surface area contributed by atoms with Crippen LogP contribution < -0.4 is 15.8 Å². The summed E-state index contributed by atoms with van der Waals surface area (Å²) in [6.07, 6.45) is 0.690. The molecule has 0 bridgehead atoms. The second-order valence-corrected chi connectivity index (χ2v) is 7.66. The molecule has 0 aliphatic heterocycles. The molecule has 9 heteroatoms. The van der Waals surface area contributed by atoms with Gasteiger partial charge in [0.05, 0.1) is 10.4 Å². The summed E-state index contributed by atoms with van der Waals surface area (Å²) in [5, 5.41) is 2.64. The van der Waals surface area contributed by atoms with Crippen LogP contribution in [-0.2, 0) is 21.4 Å². The third-order valence-corrected chi connectivity index (χ3v) is 5.34. The molecule has 2 aromatic carbocycles. The lowest BCUT2D eigenvalue weighted by molar-refractivity contribution is -0.116. The summed E-state index contributed by atoms with van der Waals surface area (Å²) in [5.74, 6) is -1.04. The number of nitrogens with zero attached hydrogens (tertiary/aromatic N) is 1. The number of rotatable bonds is 7. The van der Waals surface area contributed by atoms with E-state index in [1.807, 2.05) is 6.92 Å². The van der Waals surface area contributed by atoms with E-state index >= 15 is 0 Å². The van der Waals surface area contributed by atoms with Crippen molar-refractivity contribution in [2.45, 2.75) is 24.8 Å². The molecule has 0 aliphatic rings. The van der Waals surface area contributed by atoms with Crippen LogP contribution in [0.1, 0.15) is 13.3 Å². The van der Waals surface area contributed by atoms with Gasteiger partial charge in [-0.05, 0) is 42.8 Å². The van der Waals surface area contributed by atoms with E-state index in [1.54, 1.807) is 24.3 Å². The van der Waals surface area contributed by atoms with Crippen molar-refractivity contribution >= 4 is 32.7 Å². The van der Waals surface area contributed by atoms with Gasteiger partial charge < -0.3 is 9.73 Å². The number of para-hydroxylation sites is 2. The predicted molar refractivity (Wildman–Crippen MR) is 101 cm³/mol. The number of anilines is 1. The standard InChI is InChI=1S/C18H19N3O5S/c1-2-11-19-27(24,25)14-9-7-13(8-10-14)20-17(22)12-21-15-5-3-4-6-16(15)26-18(21)23/h3-10,19H,2,11-12H2,1H3,(H,20,22). The summed E-state index contributed by atoms with van der Waals surface area (Å²) in [4.78, 5) is 24.3. The third kappa shape index (κ3) is 4.26. The van der Waals surface area contributed by atoms with E-state index in [9.17, 15) is 18.0 Å². The van der Waals surface area contributed by atoms with E-state index in [4.69, 9.17) is 4.42 Å². The summed E-state index contributed by atoms with van der Waals surface area (Å²) in [6.45, 7) is 2.01. The molecule has 0 spiro atoms. The normalized spacial score (nSPS) is 11.6. The highest BCUT2D eigenvalue weighted by Crippen LogP contribution is 2.15. The monoisotopic (exact) mass is 389 g/mol. The number of oxazole rings is 1. The van der Waals surface area contributed by atoms with Gasteiger partial charge in [-0.1, -0.05) is 19.1 Å². The van der Waals surface area contributed by atoms with E-state index in [-0.39, 0.29) is 11.4 Å². The average Bonchev–Trinajstić information content (AvgIpc) is 2.96. The third-order valence-electron chi connectivity index (χ3n) is 3.87. The van der Waals surface area contributed by atoms with Crippen LogP contribution in [0.3, 0.4) is 0 Å². The second kappa shape index (κ2) is 7.77. The Kier molecular flexibility index (Phi) is 5.43. The van der Waals surface area contributed by atoms with Gasteiger partial charge in [-0.15, -0.1) is 0 Å². The van der Waals surface area contributed by atoms with Crippen molar-refractivity contribution in [3.05, 3.63) is 59.1 Å². The van der Waals surface area contributed by atoms with Crippen molar-refractivity contribution < 1.29 is 17.6 Å². The number of amides is 1. The van der Waals surface area contributed by atoms with Gasteiger partial charge in [0.15, 0.2) is 5.58 Å². The van der Waals surface area contributed by atoms with Crippen LogP contribution in [0, 0.1) is 0 Å². The Hall–Kier alpha value is -2.91. The first-order chi connectivity index (χ1) is 12.9. The molecule has 1 amide bonds. The number of hydrogen-bond donors (Lipinski definition) is 2. The molecule has 0 radical (unpaired) electrons. The molecule has 8 nitrogen and oxygen atoms in total. The van der Waals surface area contributed by atoms with Crippen LogP contribution in [0.25, 0.3) is 11.1 Å². The van der Waals surface area contributed by atoms with Gasteiger partial charge >= 0.3 is 5.76 Å². The van der Waals surface area contributed by atoms with Gasteiger partial charge in [0.2, 0.25) is 15.9 Å². The Balaban J connectivity index is 1.71. The van der Waals surface area contributed by atoms with Crippen molar-refractivity contribution in [3.8, 4) is 0 Å². The first kappa shape index (κ1) is 18.9. The summed E-state index contributed by atoms with van der Waals surface area (Å²) in [7, 11) is -3.56. The fourth-order valence-corrected chi connectivity index (χ4v) is 3.68. The smallest absolute Gasteiger partial charge is 0.408 e. The largest absolute Gasteiger partial charge is 0.420 e. The fraction of sp³-hybridized carbons (Fsp3) is 0.222. The Bertz CT molecular complexity index is 1110. The van der Waals surface area contributed by atoms with Crippen LogP contribution in [0.2, 0.25) is 0 Å². The van der Waals surface area contributed by atoms with Crippen LogP contribution in [0.5, 0.6) is 0 Å². The van der Waals surface area contributed by atoms with Gasteiger partial charge in [0.1, 0.15) is 6.54 Å². The molecule has 0 fully saturated rings. The second-order valence-electron chi connectivity index (χ2n) is 5.89. The van der Waals surface area contributed by atoms with Crippen LogP contribution >= 0.6 is 0 Å². The number of aromatic nitrogens is 1. The average molecular weight is 389 g/mol. The van der Waals surface area contributed by atoms with Crippen LogP contribution in [-0.4, -0.2) is 25.4 Å². The zero-order valence-electron chi connectivity index (χ0n) is 14.6. The SMILES string of the molecule is CCCNS(=O)(=O)c1ccc(NC(=O)Cn2c(=O)oc3ccccc32)cc1. The maximum absolute atomic E-state index is 12.3. The van der Waals surface area contributed by atoms with E-state index in [0.717, 1.165) is 0 Å². The predicted octanol–water partition coefficient (Wildman–Crippen LogP) is 1.92. The summed E-state index contributed by atoms with van der Waals surface area (Å²) in [5.41, 5.74) is 1.36. The van der Waals surface area contributed by atoms with Crippen molar-refractivity contribution in [3.63, 3.8) is 0 Å². The highest BCUT2D eigenvalue weighted by Gasteiger charge is 2.14. The molecule has 0 saturated carbocycles. The van der Waals surface area contributed by atoms with E-state index in [2.05, 4.69) is 10.0 Å². The Labute approximate surface area is 155 Å². The van der Waals surface area contributed by atoms with E-state index < -0.39 is 21.7 Å². The molecule has 0 atom stereocenters. The van der Waals surface area contributed by atoms with Crippen molar-refractivity contribution in [2.24, 2.45) is 0 Å². The fourth-order valence-electron chi connectivity index (χ4n) is 2.54. The van der Waals surface area contributed by atoms with Crippen molar-refractivity contribution in [1.29, 1.82) is 0 Å². The molecule has 1 aromatic heterocycles. The number of carbonyl (C=O) groups is 1. The first-order valence-electron chi connectivity index (χ1n) is 8.38. The number of hydrogen-bond acceptors (Lipinski definition) is 5. The lowest BCUT2D eigenvalue weighted by Crippen LogP contribution is -2.25. The molecule has 142 valence electrons. The molecule has 2 N–H and O–H groups in total. The number of benzene rings is 2. The van der Waals surface area contributed by atoms with Gasteiger partial charge in [-0.2, -0.15) is 0 Å².